The van der Waals surface area contributed by atoms with Crippen molar-refractivity contribution in [2.45, 2.75) is 26.3 Å². The highest BCUT2D eigenvalue weighted by Gasteiger charge is 2.11. The smallest absolute Gasteiger partial charge is 0.123 e. The van der Waals surface area contributed by atoms with Gasteiger partial charge in [-0.2, -0.15) is 11.8 Å². The van der Waals surface area contributed by atoms with Gasteiger partial charge in [0.15, 0.2) is 0 Å². The molecule has 2 N–H and O–H groups in total. The average Bonchev–Trinajstić information content (AvgIpc) is 2.89. The summed E-state index contributed by atoms with van der Waals surface area (Å²) in [4.78, 5) is 8.41. The van der Waals surface area contributed by atoms with E-state index in [1.807, 2.05) is 36.4 Å². The van der Waals surface area contributed by atoms with Crippen LogP contribution in [0.2, 0.25) is 0 Å². The number of thioether (sulfide) groups is 1. The zero-order valence-corrected chi connectivity index (χ0v) is 12.2. The molecule has 0 aliphatic heterocycles. The van der Waals surface area contributed by atoms with E-state index in [4.69, 9.17) is 5.73 Å². The Balaban J connectivity index is 2.15. The number of nitrogens with zero attached hydrogens (tertiary/aromatic N) is 3. The van der Waals surface area contributed by atoms with E-state index < -0.39 is 0 Å². The highest BCUT2D eigenvalue weighted by Crippen LogP contribution is 2.24. The summed E-state index contributed by atoms with van der Waals surface area (Å²) in [5.74, 6) is 2.89. The molecule has 0 spiro atoms. The lowest BCUT2D eigenvalue weighted by Gasteiger charge is -2.16. The zero-order valence-electron chi connectivity index (χ0n) is 11.4. The van der Waals surface area contributed by atoms with Crippen molar-refractivity contribution in [1.82, 2.24) is 14.5 Å². The van der Waals surface area contributed by atoms with Crippen LogP contribution in [0.3, 0.4) is 0 Å². The van der Waals surface area contributed by atoms with Crippen molar-refractivity contribution >= 4 is 17.6 Å². The number of nitrogen functional groups attached to an aromatic ring is 1. The van der Waals surface area contributed by atoms with Gasteiger partial charge in [-0.25, -0.2) is 9.97 Å². The minimum atomic E-state index is 0.439. The lowest BCUT2D eigenvalue weighted by molar-refractivity contribution is 0.539. The number of anilines is 1. The second-order valence-corrected chi connectivity index (χ2v) is 5.89. The molecular weight excluding hydrogens is 256 g/mol. The third-order valence-corrected chi connectivity index (χ3v) is 4.04. The molecule has 1 atom stereocenters. The maximum absolute atomic E-state index is 5.62. The number of imidazole rings is 1. The van der Waals surface area contributed by atoms with Crippen LogP contribution in [-0.4, -0.2) is 26.0 Å². The first-order chi connectivity index (χ1) is 9.22. The van der Waals surface area contributed by atoms with E-state index in [2.05, 4.69) is 28.4 Å². The molecule has 1 unspecified atom stereocenters. The third kappa shape index (κ3) is 3.50. The SMILES string of the molecule is CCSCCC(C)n1cncc1-c1ccc(N)nc1. The molecule has 0 bridgehead atoms. The van der Waals surface area contributed by atoms with Crippen molar-refractivity contribution in [3.63, 3.8) is 0 Å². The van der Waals surface area contributed by atoms with Crippen molar-refractivity contribution in [2.75, 3.05) is 17.2 Å². The molecule has 0 saturated heterocycles. The number of hydrogen-bond acceptors (Lipinski definition) is 4. The van der Waals surface area contributed by atoms with E-state index >= 15 is 0 Å². The second kappa shape index (κ2) is 6.61. The summed E-state index contributed by atoms with van der Waals surface area (Å²) in [6.45, 7) is 4.42. The molecule has 4 nitrogen and oxygen atoms in total. The van der Waals surface area contributed by atoms with Crippen LogP contribution in [0, 0.1) is 0 Å². The fourth-order valence-corrected chi connectivity index (χ4v) is 2.77. The summed E-state index contributed by atoms with van der Waals surface area (Å²) in [5, 5.41) is 0. The van der Waals surface area contributed by atoms with Gasteiger partial charge in [0.05, 0.1) is 18.2 Å². The quantitative estimate of drug-likeness (QED) is 0.823. The largest absolute Gasteiger partial charge is 0.384 e. The first kappa shape index (κ1) is 13.9. The monoisotopic (exact) mass is 276 g/mol. The second-order valence-electron chi connectivity index (χ2n) is 4.49. The van der Waals surface area contributed by atoms with E-state index in [1.165, 1.54) is 11.5 Å². The van der Waals surface area contributed by atoms with Gasteiger partial charge in [0.2, 0.25) is 0 Å². The summed E-state index contributed by atoms with van der Waals surface area (Å²) in [5.41, 5.74) is 7.78. The number of rotatable bonds is 6. The average molecular weight is 276 g/mol. The highest BCUT2D eigenvalue weighted by atomic mass is 32.2. The third-order valence-electron chi connectivity index (χ3n) is 3.11. The molecule has 2 aromatic rings. The molecule has 102 valence electrons. The van der Waals surface area contributed by atoms with Crippen LogP contribution in [0.1, 0.15) is 26.3 Å². The van der Waals surface area contributed by atoms with Gasteiger partial charge in [0.1, 0.15) is 5.82 Å². The summed E-state index contributed by atoms with van der Waals surface area (Å²) < 4.78 is 2.21. The van der Waals surface area contributed by atoms with Crippen molar-refractivity contribution < 1.29 is 0 Å². The lowest BCUT2D eigenvalue weighted by Crippen LogP contribution is -2.07. The molecule has 2 rings (SSSR count). The van der Waals surface area contributed by atoms with Crippen molar-refractivity contribution in [3.8, 4) is 11.3 Å². The Bertz CT molecular complexity index is 506. The Morgan fingerprint density at radius 1 is 1.37 bits per heavy atom. The molecule has 0 amide bonds. The van der Waals surface area contributed by atoms with E-state index in [1.54, 1.807) is 6.20 Å². The first-order valence-electron chi connectivity index (χ1n) is 6.53. The Kier molecular flexibility index (Phi) is 4.85. The summed E-state index contributed by atoms with van der Waals surface area (Å²) >= 11 is 1.97. The number of pyridine rings is 1. The molecule has 0 saturated carbocycles. The standard InChI is InChI=1S/C14H20N4S/c1-3-19-7-6-11(2)18-10-16-9-13(18)12-4-5-14(15)17-8-12/h4-5,8-11H,3,6-7H2,1-2H3,(H2,15,17). The van der Waals surface area contributed by atoms with Gasteiger partial charge >= 0.3 is 0 Å². The van der Waals surface area contributed by atoms with Gasteiger partial charge < -0.3 is 10.3 Å². The van der Waals surface area contributed by atoms with E-state index in [0.717, 1.165) is 17.7 Å². The summed E-state index contributed by atoms with van der Waals surface area (Å²) in [6, 6.07) is 4.25. The molecule has 19 heavy (non-hydrogen) atoms. The molecule has 2 heterocycles. The van der Waals surface area contributed by atoms with Crippen LogP contribution in [0.4, 0.5) is 5.82 Å². The van der Waals surface area contributed by atoms with Crippen LogP contribution in [0.15, 0.2) is 30.9 Å². The molecular formula is C14H20N4S. The Labute approximate surface area is 118 Å². The van der Waals surface area contributed by atoms with Crippen molar-refractivity contribution in [1.29, 1.82) is 0 Å². The van der Waals surface area contributed by atoms with Gasteiger partial charge in [0.25, 0.3) is 0 Å². The molecule has 0 aliphatic rings. The highest BCUT2D eigenvalue weighted by molar-refractivity contribution is 7.99. The maximum atomic E-state index is 5.62. The van der Waals surface area contributed by atoms with Crippen LogP contribution in [0.25, 0.3) is 11.3 Å². The molecule has 0 aliphatic carbocycles. The summed E-state index contributed by atoms with van der Waals surface area (Å²) in [6.07, 6.45) is 6.73. The fourth-order valence-electron chi connectivity index (χ4n) is 1.97. The molecule has 0 radical (unpaired) electrons. The van der Waals surface area contributed by atoms with Gasteiger partial charge in [-0.05, 0) is 37.0 Å². The lowest BCUT2D eigenvalue weighted by atomic mass is 10.2. The van der Waals surface area contributed by atoms with E-state index in [9.17, 15) is 0 Å². The number of aromatic nitrogens is 3. The maximum Gasteiger partial charge on any atom is 0.123 e. The topological polar surface area (TPSA) is 56.7 Å². The van der Waals surface area contributed by atoms with E-state index in [0.29, 0.717) is 11.9 Å². The normalized spacial score (nSPS) is 12.5. The van der Waals surface area contributed by atoms with Crippen molar-refractivity contribution in [3.05, 3.63) is 30.9 Å². The zero-order chi connectivity index (χ0) is 13.7. The Morgan fingerprint density at radius 2 is 2.21 bits per heavy atom. The number of hydrogen-bond donors (Lipinski definition) is 1. The van der Waals surface area contributed by atoms with Crippen LogP contribution in [0.5, 0.6) is 0 Å². The molecule has 2 aromatic heterocycles. The minimum absolute atomic E-state index is 0.439. The van der Waals surface area contributed by atoms with Gasteiger partial charge in [-0.1, -0.05) is 6.92 Å². The predicted octanol–water partition coefficient (Wildman–Crippen LogP) is 3.23. The van der Waals surface area contributed by atoms with Crippen LogP contribution in [-0.2, 0) is 0 Å². The first-order valence-corrected chi connectivity index (χ1v) is 7.69. The fraction of sp³-hybridized carbons (Fsp3) is 0.429. The Hall–Kier alpha value is -1.49. The summed E-state index contributed by atoms with van der Waals surface area (Å²) in [7, 11) is 0. The van der Waals surface area contributed by atoms with Gasteiger partial charge in [-0.15, -0.1) is 0 Å². The minimum Gasteiger partial charge on any atom is -0.384 e. The molecule has 0 aromatic carbocycles. The van der Waals surface area contributed by atoms with Gasteiger partial charge in [-0.3, -0.25) is 0 Å². The van der Waals surface area contributed by atoms with Crippen LogP contribution < -0.4 is 5.73 Å². The number of nitrogens with two attached hydrogens (primary N) is 1. The Morgan fingerprint density at radius 3 is 2.89 bits per heavy atom. The van der Waals surface area contributed by atoms with Crippen molar-refractivity contribution in [2.24, 2.45) is 0 Å². The molecule has 0 fully saturated rings. The van der Waals surface area contributed by atoms with Crippen LogP contribution >= 0.6 is 11.8 Å². The molecule has 5 heteroatoms. The van der Waals surface area contributed by atoms with Gasteiger partial charge in [0, 0.05) is 17.8 Å². The van der Waals surface area contributed by atoms with E-state index in [-0.39, 0.29) is 0 Å². The predicted molar refractivity (Wildman–Crippen MR) is 82.2 cm³/mol.